The summed E-state index contributed by atoms with van der Waals surface area (Å²) in [5, 5.41) is 8.81. The summed E-state index contributed by atoms with van der Waals surface area (Å²) in [5.41, 5.74) is 0.992. The quantitative estimate of drug-likeness (QED) is 0.638. The number of benzene rings is 1. The van der Waals surface area contributed by atoms with Crippen LogP contribution >= 0.6 is 23.2 Å². The predicted molar refractivity (Wildman–Crippen MR) is 73.8 cm³/mol. The molecule has 1 N–H and O–H groups in total. The van der Waals surface area contributed by atoms with Crippen molar-refractivity contribution >= 4 is 35.1 Å². The monoisotopic (exact) mass is 268 g/mol. The maximum Gasteiger partial charge on any atom is 0.0968 e. The first-order valence-electron chi connectivity index (χ1n) is 5.54. The summed E-state index contributed by atoms with van der Waals surface area (Å²) in [7, 11) is 0. The summed E-state index contributed by atoms with van der Waals surface area (Å²) in [6.07, 6.45) is 6.24. The molecular weight excluding hydrogens is 255 g/mol. The highest BCUT2D eigenvalue weighted by Crippen LogP contribution is 2.28. The molecule has 0 heterocycles. The third-order valence-electron chi connectivity index (χ3n) is 2.70. The summed E-state index contributed by atoms with van der Waals surface area (Å²) >= 11 is 11.8. The highest BCUT2D eigenvalue weighted by Gasteiger charge is 2.27. The van der Waals surface area contributed by atoms with Gasteiger partial charge in [0.1, 0.15) is 0 Å². The van der Waals surface area contributed by atoms with E-state index in [0.29, 0.717) is 21.9 Å². The largest absolute Gasteiger partial charge is 0.334 e. The van der Waals surface area contributed by atoms with E-state index < -0.39 is 0 Å². The van der Waals surface area contributed by atoms with Crippen LogP contribution in [0.15, 0.2) is 24.4 Å². The first-order valence-corrected chi connectivity index (χ1v) is 6.30. The fourth-order valence-electron chi connectivity index (χ4n) is 1.64. The first kappa shape index (κ1) is 12.5. The van der Waals surface area contributed by atoms with Crippen LogP contribution in [0.3, 0.4) is 0 Å². The summed E-state index contributed by atoms with van der Waals surface area (Å²) in [5.74, 6) is 0.573. The van der Waals surface area contributed by atoms with Crippen molar-refractivity contribution in [2.75, 3.05) is 0 Å². The van der Waals surface area contributed by atoms with Crippen LogP contribution in [0.1, 0.15) is 25.3 Å². The average molecular weight is 269 g/mol. The fraction of sp³-hybridized carbons (Fsp3) is 0.308. The Kier molecular flexibility index (Phi) is 3.75. The third-order valence-corrected chi connectivity index (χ3v) is 3.44. The molecule has 0 spiro atoms. The first-order chi connectivity index (χ1) is 8.08. The van der Waals surface area contributed by atoms with Crippen molar-refractivity contribution < 1.29 is 0 Å². The Morgan fingerprint density at radius 2 is 2.06 bits per heavy atom. The lowest BCUT2D eigenvalue weighted by Gasteiger charge is -2.17. The smallest absolute Gasteiger partial charge is 0.0968 e. The van der Waals surface area contributed by atoms with Gasteiger partial charge in [-0.05, 0) is 43.5 Å². The van der Waals surface area contributed by atoms with Crippen LogP contribution in [-0.4, -0.2) is 16.8 Å². The molecule has 0 bridgehead atoms. The Morgan fingerprint density at radius 1 is 1.35 bits per heavy atom. The van der Waals surface area contributed by atoms with Gasteiger partial charge in [-0.3, -0.25) is 5.41 Å². The van der Waals surface area contributed by atoms with E-state index in [1.165, 1.54) is 12.8 Å². The molecule has 0 atom stereocenters. The molecule has 0 radical (unpaired) electrons. The summed E-state index contributed by atoms with van der Waals surface area (Å²) < 4.78 is 0. The highest BCUT2D eigenvalue weighted by atomic mass is 35.5. The number of nitrogens with one attached hydrogen (secondary N) is 1. The van der Waals surface area contributed by atoms with Crippen molar-refractivity contribution in [2.45, 2.75) is 25.8 Å². The van der Waals surface area contributed by atoms with Gasteiger partial charge in [0.25, 0.3) is 0 Å². The van der Waals surface area contributed by atoms with Crippen molar-refractivity contribution in [1.29, 1.82) is 5.41 Å². The van der Waals surface area contributed by atoms with Crippen LogP contribution in [0.4, 0.5) is 0 Å². The second-order valence-electron chi connectivity index (χ2n) is 4.21. The Labute approximate surface area is 111 Å². The molecule has 0 aliphatic heterocycles. The van der Waals surface area contributed by atoms with E-state index in [4.69, 9.17) is 28.6 Å². The molecule has 1 aromatic carbocycles. The van der Waals surface area contributed by atoms with Crippen molar-refractivity contribution in [1.82, 2.24) is 4.90 Å². The SMILES string of the molecule is CC(=N)N(C=Cc1ccc(Cl)c(Cl)c1)C1CC1. The summed E-state index contributed by atoms with van der Waals surface area (Å²) in [4.78, 5) is 1.99. The number of amidine groups is 1. The van der Waals surface area contributed by atoms with E-state index in [1.807, 2.05) is 29.3 Å². The van der Waals surface area contributed by atoms with Crippen LogP contribution in [0.2, 0.25) is 10.0 Å². The normalized spacial score (nSPS) is 15.2. The van der Waals surface area contributed by atoms with Gasteiger partial charge in [-0.1, -0.05) is 29.3 Å². The maximum absolute atomic E-state index is 7.69. The van der Waals surface area contributed by atoms with Gasteiger partial charge in [-0.2, -0.15) is 0 Å². The number of hydrogen-bond donors (Lipinski definition) is 1. The molecule has 0 unspecified atom stereocenters. The Bertz CT molecular complexity index is 464. The van der Waals surface area contributed by atoms with Gasteiger partial charge < -0.3 is 4.90 Å². The fourth-order valence-corrected chi connectivity index (χ4v) is 1.95. The zero-order valence-corrected chi connectivity index (χ0v) is 11.1. The van der Waals surface area contributed by atoms with Gasteiger partial charge in [-0.15, -0.1) is 0 Å². The average Bonchev–Trinajstić information content (AvgIpc) is 3.07. The lowest BCUT2D eigenvalue weighted by molar-refractivity contribution is 0.543. The van der Waals surface area contributed by atoms with E-state index in [-0.39, 0.29) is 0 Å². The molecular formula is C13H14Cl2N2. The zero-order valence-electron chi connectivity index (χ0n) is 9.58. The molecule has 0 amide bonds. The van der Waals surface area contributed by atoms with Gasteiger partial charge in [0.2, 0.25) is 0 Å². The van der Waals surface area contributed by atoms with E-state index in [9.17, 15) is 0 Å². The van der Waals surface area contributed by atoms with Gasteiger partial charge in [-0.25, -0.2) is 0 Å². The molecule has 90 valence electrons. The topological polar surface area (TPSA) is 27.1 Å². The lowest BCUT2D eigenvalue weighted by Crippen LogP contribution is -2.24. The van der Waals surface area contributed by atoms with Crippen LogP contribution in [0.25, 0.3) is 6.08 Å². The Hall–Kier alpha value is -0.990. The number of halogens is 2. The second kappa shape index (κ2) is 5.11. The number of rotatable bonds is 3. The maximum atomic E-state index is 7.69. The molecule has 0 aromatic heterocycles. The van der Waals surface area contributed by atoms with Crippen LogP contribution in [-0.2, 0) is 0 Å². The van der Waals surface area contributed by atoms with Gasteiger partial charge in [0, 0.05) is 12.2 Å². The summed E-state index contributed by atoms with van der Waals surface area (Å²) in [6, 6.07) is 6.02. The standard InChI is InChI=1S/C13H14Cl2N2/c1-9(16)17(11-3-4-11)7-6-10-2-5-12(14)13(15)8-10/h2,5-8,11,16H,3-4H2,1H3. The Balaban J connectivity index is 2.12. The van der Waals surface area contributed by atoms with Crippen molar-refractivity contribution in [2.24, 2.45) is 0 Å². The van der Waals surface area contributed by atoms with E-state index in [0.717, 1.165) is 5.56 Å². The number of hydrogen-bond acceptors (Lipinski definition) is 1. The van der Waals surface area contributed by atoms with E-state index in [1.54, 1.807) is 13.0 Å². The van der Waals surface area contributed by atoms with Crippen molar-refractivity contribution in [3.63, 3.8) is 0 Å². The van der Waals surface area contributed by atoms with E-state index >= 15 is 0 Å². The van der Waals surface area contributed by atoms with Crippen LogP contribution < -0.4 is 0 Å². The van der Waals surface area contributed by atoms with Crippen LogP contribution in [0, 0.1) is 5.41 Å². The highest BCUT2D eigenvalue weighted by molar-refractivity contribution is 6.42. The molecule has 2 rings (SSSR count). The minimum atomic E-state index is 0.506. The molecule has 1 saturated carbocycles. The van der Waals surface area contributed by atoms with Crippen molar-refractivity contribution in [3.05, 3.63) is 40.0 Å². The number of nitrogens with zero attached hydrogens (tertiary/aromatic N) is 1. The van der Waals surface area contributed by atoms with Gasteiger partial charge >= 0.3 is 0 Å². The molecule has 1 aromatic rings. The molecule has 4 heteroatoms. The van der Waals surface area contributed by atoms with Crippen LogP contribution in [0.5, 0.6) is 0 Å². The molecule has 0 saturated heterocycles. The molecule has 2 nitrogen and oxygen atoms in total. The minimum Gasteiger partial charge on any atom is -0.334 e. The Morgan fingerprint density at radius 3 is 2.59 bits per heavy atom. The van der Waals surface area contributed by atoms with E-state index in [2.05, 4.69) is 0 Å². The van der Waals surface area contributed by atoms with Gasteiger partial charge in [0.15, 0.2) is 0 Å². The lowest BCUT2D eigenvalue weighted by atomic mass is 10.2. The zero-order chi connectivity index (χ0) is 12.4. The second-order valence-corrected chi connectivity index (χ2v) is 5.03. The van der Waals surface area contributed by atoms with Gasteiger partial charge in [0.05, 0.1) is 15.9 Å². The molecule has 1 aliphatic carbocycles. The minimum absolute atomic E-state index is 0.506. The predicted octanol–water partition coefficient (Wildman–Crippen LogP) is 4.43. The summed E-state index contributed by atoms with van der Waals surface area (Å²) in [6.45, 7) is 1.80. The molecule has 1 fully saturated rings. The van der Waals surface area contributed by atoms with Crippen molar-refractivity contribution in [3.8, 4) is 0 Å². The molecule has 17 heavy (non-hydrogen) atoms. The molecule has 1 aliphatic rings. The third kappa shape index (κ3) is 3.24.